The van der Waals surface area contributed by atoms with Gasteiger partial charge in [-0.3, -0.25) is 4.79 Å². The standard InChI is InChI=1S/C18H36O2.Al.2Mg.H4O4Si.7H/c1-2-3-4-5-6-7-8-9-10-11-12-13-14-15-16-17-18(19)20;;;;1-5(2,3)4;;;;;;;/h2-17H2,1H3,(H,19,20);;;;1-4H;;;;;;;. The van der Waals surface area contributed by atoms with Crippen LogP contribution in [-0.2, 0) is 4.79 Å². The van der Waals surface area contributed by atoms with E-state index in [0.29, 0.717) is 6.42 Å². The fourth-order valence-electron chi connectivity index (χ4n) is 2.65. The van der Waals surface area contributed by atoms with Gasteiger partial charge in [-0.25, -0.2) is 0 Å². The van der Waals surface area contributed by atoms with Crippen molar-refractivity contribution in [1.29, 1.82) is 0 Å². The van der Waals surface area contributed by atoms with E-state index in [1.54, 1.807) is 0 Å². The van der Waals surface area contributed by atoms with Crippen molar-refractivity contribution in [2.45, 2.75) is 110 Å². The smallest absolute Gasteiger partial charge is 0.481 e. The van der Waals surface area contributed by atoms with Crippen molar-refractivity contribution in [3.63, 3.8) is 0 Å². The third-order valence-corrected chi connectivity index (χ3v) is 3.99. The van der Waals surface area contributed by atoms with Gasteiger partial charge in [-0.1, -0.05) is 96.8 Å². The molecule has 0 fully saturated rings. The lowest BCUT2D eigenvalue weighted by Gasteiger charge is -2.03. The lowest BCUT2D eigenvalue weighted by Crippen LogP contribution is -2.33. The molecule has 10 heteroatoms. The van der Waals surface area contributed by atoms with Crippen molar-refractivity contribution in [3.05, 3.63) is 0 Å². The highest BCUT2D eigenvalue weighted by atomic mass is 28.4. The first-order valence-corrected chi connectivity index (χ1v) is 11.7. The largest absolute Gasteiger partial charge is 0.668 e. The van der Waals surface area contributed by atoms with Gasteiger partial charge in [0.25, 0.3) is 0 Å². The van der Waals surface area contributed by atoms with E-state index in [1.165, 1.54) is 83.5 Å². The maximum absolute atomic E-state index is 10.3. The lowest BCUT2D eigenvalue weighted by molar-refractivity contribution is -0.137. The molecule has 0 aliphatic heterocycles. The molecule has 0 heterocycles. The molecule has 0 amide bonds. The van der Waals surface area contributed by atoms with Crippen molar-refractivity contribution in [2.75, 3.05) is 0 Å². The van der Waals surface area contributed by atoms with Crippen LogP contribution in [-0.4, -0.2) is 103 Å². The summed E-state index contributed by atoms with van der Waals surface area (Å²) in [7, 11) is -4.61. The Balaban J connectivity index is -0.000000195. The number of carboxylic acid groups (broad SMARTS) is 1. The van der Waals surface area contributed by atoms with E-state index in [-0.39, 0.29) is 63.5 Å². The zero-order valence-corrected chi connectivity index (χ0v) is 17.0. The minimum Gasteiger partial charge on any atom is -0.481 e. The average Bonchev–Trinajstić information content (AvgIpc) is 2.49. The quantitative estimate of drug-likeness (QED) is 0.170. The zero-order valence-electron chi connectivity index (χ0n) is 16.0. The van der Waals surface area contributed by atoms with E-state index >= 15 is 0 Å². The molecule has 0 saturated heterocycles. The first-order chi connectivity index (χ1) is 11.8. The Kier molecular flexibility index (Phi) is 44.0. The highest BCUT2D eigenvalue weighted by Crippen LogP contribution is 2.13. The molecule has 0 aromatic rings. The molecule has 0 aromatic heterocycles. The number of unbranched alkanes of at least 4 members (excludes halogenated alkanes) is 14. The van der Waals surface area contributed by atoms with E-state index < -0.39 is 15.0 Å². The second kappa shape index (κ2) is 30.8. The van der Waals surface area contributed by atoms with Gasteiger partial charge in [-0.05, 0) is 6.42 Å². The molecule has 0 radical (unpaired) electrons. The van der Waals surface area contributed by atoms with Crippen LogP contribution in [0.15, 0.2) is 0 Å². The van der Waals surface area contributed by atoms with Crippen LogP contribution in [0.5, 0.6) is 0 Å². The van der Waals surface area contributed by atoms with Crippen LogP contribution in [0.3, 0.4) is 0 Å². The van der Waals surface area contributed by atoms with Gasteiger partial charge in [0.15, 0.2) is 17.4 Å². The number of aliphatic carboxylic acids is 1. The second-order valence-electron chi connectivity index (χ2n) is 6.69. The normalized spacial score (nSPS) is 9.89. The number of rotatable bonds is 16. The SMILES string of the molecule is CCCCCCCCCCCCCCCCCC(=O)O.O[Si](O)(O)O.[AlH3].[MgH2].[MgH2]. The minimum atomic E-state index is -4.61. The molecule has 0 bridgehead atoms. The van der Waals surface area contributed by atoms with Crippen LogP contribution in [0.1, 0.15) is 110 Å². The monoisotopic (exact) mass is 462 g/mol. The Hall–Kier alpha value is 1.59. The molecule has 0 spiro atoms. The Morgan fingerprint density at radius 3 is 1.04 bits per heavy atom. The van der Waals surface area contributed by atoms with Gasteiger partial charge in [-0.15, -0.1) is 0 Å². The fraction of sp³-hybridized carbons (Fsp3) is 0.944. The van der Waals surface area contributed by atoms with Crippen molar-refractivity contribution in [3.8, 4) is 0 Å². The highest BCUT2D eigenvalue weighted by Gasteiger charge is 2.22. The van der Waals surface area contributed by atoms with Gasteiger partial charge in [0.2, 0.25) is 0 Å². The van der Waals surface area contributed by atoms with E-state index in [1.807, 2.05) is 0 Å². The third-order valence-electron chi connectivity index (χ3n) is 3.99. The van der Waals surface area contributed by atoms with Crippen LogP contribution in [0.2, 0.25) is 0 Å². The third kappa shape index (κ3) is 56.4. The van der Waals surface area contributed by atoms with Crippen molar-refractivity contribution >= 4 is 78.5 Å². The van der Waals surface area contributed by atoms with Crippen molar-refractivity contribution in [1.82, 2.24) is 0 Å². The fourth-order valence-corrected chi connectivity index (χ4v) is 2.65. The summed E-state index contributed by atoms with van der Waals surface area (Å²) in [5.74, 6) is -0.653. The highest BCUT2D eigenvalue weighted by molar-refractivity contribution is 6.46. The molecule has 0 atom stereocenters. The van der Waals surface area contributed by atoms with E-state index in [2.05, 4.69) is 6.92 Å². The number of hydrogen-bond acceptors (Lipinski definition) is 5. The number of hydrogen-bond donors (Lipinski definition) is 5. The molecule has 0 rings (SSSR count). The molecule has 0 saturated carbocycles. The van der Waals surface area contributed by atoms with Crippen LogP contribution in [0, 0.1) is 0 Å². The van der Waals surface area contributed by atoms with Crippen LogP contribution < -0.4 is 0 Å². The molecule has 28 heavy (non-hydrogen) atoms. The summed E-state index contributed by atoms with van der Waals surface area (Å²) in [6.07, 6.45) is 20.2. The Bertz CT molecular complexity index is 292. The van der Waals surface area contributed by atoms with Gasteiger partial charge >= 0.3 is 61.1 Å². The molecule has 6 nitrogen and oxygen atoms in total. The van der Waals surface area contributed by atoms with Crippen molar-refractivity contribution in [2.24, 2.45) is 0 Å². The summed E-state index contributed by atoms with van der Waals surface area (Å²) in [5, 5.41) is 8.52. The lowest BCUT2D eigenvalue weighted by atomic mass is 10.0. The van der Waals surface area contributed by atoms with Gasteiger partial charge in [0.1, 0.15) is 0 Å². The summed E-state index contributed by atoms with van der Waals surface area (Å²) >= 11 is 0. The van der Waals surface area contributed by atoms with Gasteiger partial charge in [-0.2, -0.15) is 0 Å². The van der Waals surface area contributed by atoms with E-state index in [0.717, 1.165) is 12.8 Å². The predicted octanol–water partition coefficient (Wildman–Crippen LogP) is 0.707. The predicted molar refractivity (Wildman–Crippen MR) is 129 cm³/mol. The first kappa shape index (κ1) is 40.0. The Morgan fingerprint density at radius 1 is 0.607 bits per heavy atom. The molecule has 166 valence electrons. The minimum absolute atomic E-state index is 0. The molecular weight excluding hydrogens is 416 g/mol. The maximum atomic E-state index is 10.3. The summed E-state index contributed by atoms with van der Waals surface area (Å²) < 4.78 is 0. The average molecular weight is 463 g/mol. The van der Waals surface area contributed by atoms with Gasteiger partial charge in [0.05, 0.1) is 0 Å². The molecule has 0 aliphatic carbocycles. The molecule has 0 unspecified atom stereocenters. The molecular formula is C18H47AlMg2O6Si. The topological polar surface area (TPSA) is 118 Å². The summed E-state index contributed by atoms with van der Waals surface area (Å²) in [5.41, 5.74) is 0. The Morgan fingerprint density at radius 2 is 0.821 bits per heavy atom. The maximum Gasteiger partial charge on any atom is 0.668 e. The zero-order chi connectivity index (χ0) is 19.4. The molecule has 0 aliphatic rings. The number of carboxylic acids is 1. The van der Waals surface area contributed by atoms with Crippen LogP contribution >= 0.6 is 0 Å². The molecule has 5 N–H and O–H groups in total. The van der Waals surface area contributed by atoms with Crippen LogP contribution in [0.25, 0.3) is 0 Å². The van der Waals surface area contributed by atoms with Crippen molar-refractivity contribution < 1.29 is 29.1 Å². The van der Waals surface area contributed by atoms with Crippen LogP contribution in [0.4, 0.5) is 0 Å². The first-order valence-electron chi connectivity index (χ1n) is 9.88. The summed E-state index contributed by atoms with van der Waals surface area (Å²) in [4.78, 5) is 39.6. The summed E-state index contributed by atoms with van der Waals surface area (Å²) in [6, 6.07) is 0. The molecule has 0 aromatic carbocycles. The Labute approximate surface area is 215 Å². The van der Waals surface area contributed by atoms with Gasteiger partial charge < -0.3 is 24.3 Å². The van der Waals surface area contributed by atoms with Gasteiger partial charge in [0, 0.05) is 6.42 Å². The van der Waals surface area contributed by atoms with E-state index in [9.17, 15) is 4.79 Å². The second-order valence-corrected chi connectivity index (χ2v) is 7.89. The number of carbonyl (C=O) groups is 1. The summed E-state index contributed by atoms with van der Waals surface area (Å²) in [6.45, 7) is 2.27. The van der Waals surface area contributed by atoms with E-state index in [4.69, 9.17) is 24.3 Å².